The fourth-order valence-electron chi connectivity index (χ4n) is 7.80. The Bertz CT molecular complexity index is 1880. The molecule has 9 nitrogen and oxygen atoms in total. The third-order valence-corrected chi connectivity index (χ3v) is 11.2. The number of carboxylic acid groups (broad SMARTS) is 1. The van der Waals surface area contributed by atoms with Crippen LogP contribution in [0.4, 0.5) is 10.1 Å². The van der Waals surface area contributed by atoms with E-state index in [9.17, 15) is 38.6 Å². The summed E-state index contributed by atoms with van der Waals surface area (Å²) in [6.45, 7) is -0.296. The third kappa shape index (κ3) is 3.94. The number of aliphatic carboxylic acids is 1. The second kappa shape index (κ2) is 10.1. The van der Waals surface area contributed by atoms with Crippen molar-refractivity contribution < 1.29 is 38.6 Å². The number of likely N-dealkylation sites (tertiary alicyclic amines) is 1. The highest BCUT2D eigenvalue weighted by molar-refractivity contribution is 6.58. The van der Waals surface area contributed by atoms with Crippen LogP contribution in [0, 0.1) is 23.6 Å². The smallest absolute Gasteiger partial charge is 0.305 e. The van der Waals surface area contributed by atoms with Gasteiger partial charge < -0.3 is 10.2 Å². The molecular weight excluding hydrogens is 626 g/mol. The fraction of sp³-hybridized carbons (Fsp3) is 0.303. The standard InChI is InChI=1S/C33H25Cl2FN2O7/c34-32-15-23-21(9-10-22-26(23)29(43)37(28(22)42)14-13-25(40)41)27(20-11-12-24(39)19-4-2-1-3-18(19)20)33(32,35)31(45)38(30(32)44)17-7-5-16(36)6-8-17/h1-9,11-12,22-23,26-27,39H,10,13-15H2,(H,40,41)/t22-,23+,26-,27-,32+,33-/m0/s1. The second-order valence-electron chi connectivity index (χ2n) is 11.9. The van der Waals surface area contributed by atoms with Gasteiger partial charge in [-0.1, -0.05) is 42.0 Å². The molecule has 1 saturated carbocycles. The van der Waals surface area contributed by atoms with Crippen molar-refractivity contribution >= 4 is 69.3 Å². The number of anilines is 1. The molecule has 7 rings (SSSR count). The number of benzene rings is 3. The number of aromatic hydroxyl groups is 1. The molecule has 0 bridgehead atoms. The van der Waals surface area contributed by atoms with E-state index in [1.807, 2.05) is 0 Å². The second-order valence-corrected chi connectivity index (χ2v) is 13.2. The van der Waals surface area contributed by atoms with Crippen LogP contribution in [0.25, 0.3) is 10.8 Å². The number of imide groups is 2. The predicted molar refractivity (Wildman–Crippen MR) is 161 cm³/mol. The average Bonchev–Trinajstić information content (AvgIpc) is 3.35. The van der Waals surface area contributed by atoms with E-state index in [1.165, 1.54) is 18.2 Å². The zero-order valence-corrected chi connectivity index (χ0v) is 25.0. The molecule has 2 aliphatic heterocycles. The summed E-state index contributed by atoms with van der Waals surface area (Å²) >= 11 is 14.8. The number of allylic oxidation sites excluding steroid dienone is 2. The number of carbonyl (C=O) groups excluding carboxylic acids is 4. The van der Waals surface area contributed by atoms with E-state index >= 15 is 0 Å². The van der Waals surface area contributed by atoms with Gasteiger partial charge in [0.15, 0.2) is 9.75 Å². The lowest BCUT2D eigenvalue weighted by molar-refractivity contribution is -0.142. The summed E-state index contributed by atoms with van der Waals surface area (Å²) in [5, 5.41) is 20.9. The molecule has 0 spiro atoms. The number of fused-ring (bicyclic) bond motifs is 5. The van der Waals surface area contributed by atoms with Crippen LogP contribution >= 0.6 is 23.2 Å². The van der Waals surface area contributed by atoms with Gasteiger partial charge in [0.2, 0.25) is 11.8 Å². The lowest BCUT2D eigenvalue weighted by Gasteiger charge is -2.51. The average molecular weight is 651 g/mol. The molecule has 2 heterocycles. The maximum Gasteiger partial charge on any atom is 0.305 e. The Morgan fingerprint density at radius 1 is 0.911 bits per heavy atom. The van der Waals surface area contributed by atoms with Gasteiger partial charge in [0.05, 0.1) is 23.9 Å². The first-order valence-electron chi connectivity index (χ1n) is 14.4. The number of phenolic OH excluding ortho intramolecular Hbond substituents is 1. The maximum absolute atomic E-state index is 14.5. The Balaban J connectivity index is 1.44. The highest BCUT2D eigenvalue weighted by Crippen LogP contribution is 2.66. The van der Waals surface area contributed by atoms with Crippen LogP contribution in [0.15, 0.2) is 72.3 Å². The number of alkyl halides is 2. The van der Waals surface area contributed by atoms with E-state index in [1.54, 1.807) is 36.4 Å². The lowest BCUT2D eigenvalue weighted by Crippen LogP contribution is -2.60. The van der Waals surface area contributed by atoms with Crippen molar-refractivity contribution in [3.8, 4) is 5.75 Å². The van der Waals surface area contributed by atoms with E-state index in [4.69, 9.17) is 23.2 Å². The summed E-state index contributed by atoms with van der Waals surface area (Å²) in [6.07, 6.45) is 1.23. The van der Waals surface area contributed by atoms with Crippen LogP contribution in [0.1, 0.15) is 30.7 Å². The van der Waals surface area contributed by atoms with E-state index in [-0.39, 0.29) is 30.8 Å². The molecule has 12 heteroatoms. The molecule has 3 aromatic rings. The Morgan fingerprint density at radius 3 is 2.29 bits per heavy atom. The molecule has 3 aromatic carbocycles. The van der Waals surface area contributed by atoms with Gasteiger partial charge >= 0.3 is 5.97 Å². The molecule has 0 unspecified atom stereocenters. The number of rotatable bonds is 5. The Hall–Kier alpha value is -4.28. The number of carboxylic acids is 1. The molecule has 3 fully saturated rings. The molecule has 6 atom stereocenters. The molecule has 2 N–H and O–H groups in total. The molecule has 2 saturated heterocycles. The summed E-state index contributed by atoms with van der Waals surface area (Å²) in [6, 6.07) is 14.7. The summed E-state index contributed by atoms with van der Waals surface area (Å²) in [5.74, 6) is -8.15. The van der Waals surface area contributed by atoms with Crippen LogP contribution in [0.2, 0.25) is 0 Å². The largest absolute Gasteiger partial charge is 0.507 e. The van der Waals surface area contributed by atoms with Gasteiger partial charge in [-0.15, -0.1) is 23.2 Å². The van der Waals surface area contributed by atoms with E-state index in [2.05, 4.69) is 0 Å². The van der Waals surface area contributed by atoms with Crippen LogP contribution in [-0.2, 0) is 24.0 Å². The van der Waals surface area contributed by atoms with Crippen LogP contribution in [0.5, 0.6) is 5.75 Å². The summed E-state index contributed by atoms with van der Waals surface area (Å²) in [5.41, 5.74) is 1.11. The number of phenols is 1. The highest BCUT2D eigenvalue weighted by Gasteiger charge is 2.76. The van der Waals surface area contributed by atoms with Gasteiger partial charge in [0.25, 0.3) is 11.8 Å². The van der Waals surface area contributed by atoms with Gasteiger partial charge in [-0.05, 0) is 60.0 Å². The molecule has 230 valence electrons. The van der Waals surface area contributed by atoms with Crippen molar-refractivity contribution in [1.29, 1.82) is 0 Å². The van der Waals surface area contributed by atoms with Crippen molar-refractivity contribution in [2.45, 2.75) is 34.9 Å². The van der Waals surface area contributed by atoms with E-state index in [0.717, 1.165) is 21.9 Å². The van der Waals surface area contributed by atoms with Gasteiger partial charge in [0, 0.05) is 17.8 Å². The number of hydrogen-bond donors (Lipinski definition) is 2. The van der Waals surface area contributed by atoms with Gasteiger partial charge in [-0.3, -0.25) is 28.9 Å². The first-order valence-corrected chi connectivity index (χ1v) is 15.2. The van der Waals surface area contributed by atoms with Crippen LogP contribution < -0.4 is 4.90 Å². The van der Waals surface area contributed by atoms with Crippen molar-refractivity contribution in [1.82, 2.24) is 4.90 Å². The Labute approximate surface area is 265 Å². The minimum Gasteiger partial charge on any atom is -0.507 e. The third-order valence-electron chi connectivity index (χ3n) is 9.78. The SMILES string of the molecule is O=C(O)CCN1C(=O)[C@H]2[C@H](CC=C3[C@H]2C[C@@]2(Cl)C(=O)N(c4ccc(F)cc4)C(=O)[C@@]2(Cl)[C@H]3c2ccc(O)c3ccccc23)C1=O. The first-order chi connectivity index (χ1) is 21.4. The quantitative estimate of drug-likeness (QED) is 0.232. The lowest BCUT2D eigenvalue weighted by atomic mass is 9.56. The Morgan fingerprint density at radius 2 is 1.60 bits per heavy atom. The molecule has 45 heavy (non-hydrogen) atoms. The fourth-order valence-corrected chi connectivity index (χ4v) is 8.72. The number of carbonyl (C=O) groups is 5. The molecule has 4 amide bonds. The van der Waals surface area contributed by atoms with Crippen molar-refractivity contribution in [3.05, 3.63) is 83.7 Å². The monoisotopic (exact) mass is 650 g/mol. The van der Waals surface area contributed by atoms with Crippen LogP contribution in [0.3, 0.4) is 0 Å². The number of amides is 4. The topological polar surface area (TPSA) is 132 Å². The molecule has 4 aliphatic rings. The van der Waals surface area contributed by atoms with E-state index in [0.29, 0.717) is 21.9 Å². The zero-order chi connectivity index (χ0) is 32.0. The highest BCUT2D eigenvalue weighted by atomic mass is 35.5. The molecule has 0 radical (unpaired) electrons. The summed E-state index contributed by atoms with van der Waals surface area (Å²) in [7, 11) is 0. The van der Waals surface area contributed by atoms with Crippen molar-refractivity contribution in [2.24, 2.45) is 17.8 Å². The Kier molecular flexibility index (Phi) is 6.62. The first kappa shape index (κ1) is 29.4. The summed E-state index contributed by atoms with van der Waals surface area (Å²) < 4.78 is 13.8. The minimum atomic E-state index is -2.12. The predicted octanol–water partition coefficient (Wildman–Crippen LogP) is 4.72. The van der Waals surface area contributed by atoms with E-state index < -0.39 is 75.3 Å². The van der Waals surface area contributed by atoms with Gasteiger partial charge in [-0.25, -0.2) is 9.29 Å². The van der Waals surface area contributed by atoms with Gasteiger partial charge in [-0.2, -0.15) is 0 Å². The van der Waals surface area contributed by atoms with Gasteiger partial charge in [0.1, 0.15) is 11.6 Å². The molecule has 0 aromatic heterocycles. The minimum absolute atomic E-state index is 0.0208. The molecular formula is C33H25Cl2FN2O7. The number of halogens is 3. The summed E-state index contributed by atoms with van der Waals surface area (Å²) in [4.78, 5) is 64.9. The molecule has 2 aliphatic carbocycles. The maximum atomic E-state index is 14.5. The van der Waals surface area contributed by atoms with Crippen molar-refractivity contribution in [3.63, 3.8) is 0 Å². The number of nitrogens with zero attached hydrogens (tertiary/aromatic N) is 2. The number of hydrogen-bond acceptors (Lipinski definition) is 6. The normalized spacial score (nSPS) is 30.8. The van der Waals surface area contributed by atoms with Crippen molar-refractivity contribution in [2.75, 3.05) is 11.4 Å². The van der Waals surface area contributed by atoms with Crippen LogP contribution in [-0.4, -0.2) is 61.0 Å². The zero-order valence-electron chi connectivity index (χ0n) is 23.5.